The maximum absolute atomic E-state index is 13.1. The summed E-state index contributed by atoms with van der Waals surface area (Å²) in [5.74, 6) is 0.708. The number of pyridine rings is 1. The molecule has 2 fully saturated rings. The number of hydrogen-bond donors (Lipinski definition) is 1. The Morgan fingerprint density at radius 1 is 1.03 bits per heavy atom. The fraction of sp³-hybridized carbons (Fsp3) is 0.444. The van der Waals surface area contributed by atoms with E-state index in [1.807, 2.05) is 6.07 Å². The van der Waals surface area contributed by atoms with E-state index in [9.17, 15) is 4.79 Å². The van der Waals surface area contributed by atoms with Crippen LogP contribution in [0.4, 0.5) is 11.5 Å². The molecule has 0 aliphatic carbocycles. The number of likely N-dealkylation sites (N-methyl/N-ethyl adjacent to an activating group) is 1. The number of hydrogen-bond acceptors (Lipinski definition) is 7. The first-order valence-electron chi connectivity index (χ1n) is 12.5. The lowest BCUT2D eigenvalue weighted by Crippen LogP contribution is -2.44. The average molecular weight is 475 g/mol. The molecule has 0 atom stereocenters. The zero-order chi connectivity index (χ0) is 24.4. The Hall–Kier alpha value is -3.23. The van der Waals surface area contributed by atoms with Crippen LogP contribution in [0.25, 0.3) is 22.2 Å². The Kier molecular flexibility index (Phi) is 6.83. The zero-order valence-corrected chi connectivity index (χ0v) is 20.7. The lowest BCUT2D eigenvalue weighted by molar-refractivity contribution is 0.289. The monoisotopic (exact) mass is 474 g/mol. The highest BCUT2D eigenvalue weighted by Gasteiger charge is 2.23. The number of piperazine rings is 1. The van der Waals surface area contributed by atoms with E-state index in [1.54, 1.807) is 13.4 Å². The molecule has 8 heteroatoms. The van der Waals surface area contributed by atoms with Crippen molar-refractivity contribution in [3.63, 3.8) is 0 Å². The summed E-state index contributed by atoms with van der Waals surface area (Å²) in [7, 11) is 3.90. The number of nitrogens with zero attached hydrogens (tertiary/aromatic N) is 6. The molecule has 5 rings (SSSR count). The van der Waals surface area contributed by atoms with E-state index < -0.39 is 0 Å². The Morgan fingerprint density at radius 3 is 2.54 bits per heavy atom. The smallest absolute Gasteiger partial charge is 0.264 e. The van der Waals surface area contributed by atoms with Crippen molar-refractivity contribution in [2.75, 3.05) is 62.7 Å². The molecular formula is C27H34N6O2. The minimum absolute atomic E-state index is 0.0767. The minimum atomic E-state index is -0.0767. The molecule has 2 aromatic heterocycles. The number of aromatic nitrogens is 3. The number of allylic oxidation sites excluding steroid dienone is 1. The molecule has 1 aromatic carbocycles. The van der Waals surface area contributed by atoms with Gasteiger partial charge in [-0.05, 0) is 44.5 Å². The van der Waals surface area contributed by atoms with Crippen LogP contribution in [0, 0.1) is 0 Å². The van der Waals surface area contributed by atoms with Crippen molar-refractivity contribution in [1.29, 1.82) is 0 Å². The van der Waals surface area contributed by atoms with Gasteiger partial charge in [0.05, 0.1) is 17.5 Å². The van der Waals surface area contributed by atoms with Crippen LogP contribution in [0.15, 0.2) is 53.1 Å². The minimum Gasteiger partial charge on any atom is -0.396 e. The first-order valence-corrected chi connectivity index (χ1v) is 12.5. The summed E-state index contributed by atoms with van der Waals surface area (Å²) in [5, 5.41) is 9.66. The van der Waals surface area contributed by atoms with Crippen molar-refractivity contribution in [3.8, 4) is 11.3 Å². The quantitative estimate of drug-likeness (QED) is 0.435. The number of aliphatic hydroxyl groups excluding tert-OH is 1. The maximum Gasteiger partial charge on any atom is 0.264 e. The van der Waals surface area contributed by atoms with Gasteiger partial charge in [0.15, 0.2) is 0 Å². The molecule has 1 N–H and O–H groups in total. The summed E-state index contributed by atoms with van der Waals surface area (Å²) in [6.07, 6.45) is 6.39. The molecule has 0 unspecified atom stereocenters. The van der Waals surface area contributed by atoms with E-state index in [1.165, 1.54) is 15.8 Å². The second-order valence-electron chi connectivity index (χ2n) is 9.62. The Labute approximate surface area is 206 Å². The molecule has 0 amide bonds. The molecule has 0 radical (unpaired) electrons. The summed E-state index contributed by atoms with van der Waals surface area (Å²) < 4.78 is 1.52. The van der Waals surface area contributed by atoms with Crippen molar-refractivity contribution < 1.29 is 5.11 Å². The third-order valence-corrected chi connectivity index (χ3v) is 7.11. The molecule has 0 bridgehead atoms. The first-order chi connectivity index (χ1) is 17.0. The number of aliphatic hydroxyl groups is 1. The summed E-state index contributed by atoms with van der Waals surface area (Å²) in [6, 6.07) is 10.5. The highest BCUT2D eigenvalue weighted by atomic mass is 16.2. The molecule has 0 saturated carbocycles. The number of unbranched alkanes of at least 4 members (excludes halogenated alkanes) is 1. The molecule has 8 nitrogen and oxygen atoms in total. The second-order valence-corrected chi connectivity index (χ2v) is 9.62. The molecule has 2 aliphatic heterocycles. The first kappa shape index (κ1) is 23.5. The highest BCUT2D eigenvalue weighted by Crippen LogP contribution is 2.31. The molecule has 3 aromatic rings. The van der Waals surface area contributed by atoms with Crippen LogP contribution < -0.4 is 15.4 Å². The molecule has 2 saturated heterocycles. The van der Waals surface area contributed by atoms with E-state index in [2.05, 4.69) is 57.1 Å². The van der Waals surface area contributed by atoms with Crippen molar-refractivity contribution in [1.82, 2.24) is 19.4 Å². The van der Waals surface area contributed by atoms with E-state index in [0.717, 1.165) is 69.8 Å². The largest absolute Gasteiger partial charge is 0.396 e. The van der Waals surface area contributed by atoms with Crippen LogP contribution in [0.1, 0.15) is 19.3 Å². The fourth-order valence-electron chi connectivity index (χ4n) is 4.91. The predicted molar refractivity (Wildman–Crippen MR) is 141 cm³/mol. The second kappa shape index (κ2) is 10.2. The highest BCUT2D eigenvalue weighted by molar-refractivity contribution is 5.92. The molecular weight excluding hydrogens is 440 g/mol. The van der Waals surface area contributed by atoms with Crippen LogP contribution in [0.3, 0.4) is 0 Å². The number of anilines is 2. The van der Waals surface area contributed by atoms with Gasteiger partial charge in [0.25, 0.3) is 5.56 Å². The van der Waals surface area contributed by atoms with E-state index in [-0.39, 0.29) is 12.2 Å². The average Bonchev–Trinajstić information content (AvgIpc) is 3.35. The molecule has 4 heterocycles. The van der Waals surface area contributed by atoms with Gasteiger partial charge in [-0.1, -0.05) is 23.8 Å². The predicted octanol–water partition coefficient (Wildman–Crippen LogP) is 2.66. The number of benzene rings is 1. The summed E-state index contributed by atoms with van der Waals surface area (Å²) in [5.41, 5.74) is 5.01. The van der Waals surface area contributed by atoms with Gasteiger partial charge in [0, 0.05) is 64.2 Å². The normalized spacial score (nSPS) is 18.2. The van der Waals surface area contributed by atoms with Crippen molar-refractivity contribution in [3.05, 3.63) is 58.7 Å². The van der Waals surface area contributed by atoms with Crippen molar-refractivity contribution >= 4 is 22.4 Å². The summed E-state index contributed by atoms with van der Waals surface area (Å²) >= 11 is 0. The van der Waals surface area contributed by atoms with E-state index >= 15 is 0 Å². The van der Waals surface area contributed by atoms with Gasteiger partial charge in [0.2, 0.25) is 0 Å². The van der Waals surface area contributed by atoms with E-state index in [4.69, 9.17) is 10.1 Å². The third kappa shape index (κ3) is 4.94. The van der Waals surface area contributed by atoms with Crippen LogP contribution in [-0.4, -0.2) is 77.5 Å². The van der Waals surface area contributed by atoms with Crippen molar-refractivity contribution in [2.45, 2.75) is 19.3 Å². The van der Waals surface area contributed by atoms with E-state index in [0.29, 0.717) is 16.7 Å². The lowest BCUT2D eigenvalue weighted by atomic mass is 10.1. The zero-order valence-electron chi connectivity index (χ0n) is 20.7. The van der Waals surface area contributed by atoms with Gasteiger partial charge in [-0.3, -0.25) is 4.79 Å². The fourth-order valence-corrected chi connectivity index (χ4v) is 4.91. The van der Waals surface area contributed by atoms with Gasteiger partial charge < -0.3 is 24.4 Å². The molecule has 0 spiro atoms. The number of fused-ring (bicyclic) bond motifs is 1. The third-order valence-electron chi connectivity index (χ3n) is 7.11. The Bertz CT molecular complexity index is 1280. The summed E-state index contributed by atoms with van der Waals surface area (Å²) in [4.78, 5) is 29.7. The van der Waals surface area contributed by atoms with Crippen LogP contribution >= 0.6 is 0 Å². The van der Waals surface area contributed by atoms with Gasteiger partial charge in [-0.15, -0.1) is 0 Å². The van der Waals surface area contributed by atoms with Crippen LogP contribution in [0.2, 0.25) is 0 Å². The number of aryl methyl sites for hydroxylation is 1. The van der Waals surface area contributed by atoms with Gasteiger partial charge in [0.1, 0.15) is 11.2 Å². The maximum atomic E-state index is 13.1. The molecule has 2 aliphatic rings. The number of rotatable bonds is 6. The van der Waals surface area contributed by atoms with Crippen LogP contribution in [0.5, 0.6) is 0 Å². The van der Waals surface area contributed by atoms with Gasteiger partial charge >= 0.3 is 0 Å². The lowest BCUT2D eigenvalue weighted by Gasteiger charge is -2.34. The molecule has 184 valence electrons. The standard InChI is InChI=1S/C27H34N6O2/c1-30-12-14-32(15-13-30)22-8-6-21(7-9-22)23-17-24-25(27(35)31(2)19-28-24)26(29-23)33-11-10-20(18-33)5-3-4-16-34/h5-9,17,19,34H,3-4,10-16,18H2,1-2H3. The molecule has 35 heavy (non-hydrogen) atoms. The van der Waals surface area contributed by atoms with Crippen molar-refractivity contribution in [2.24, 2.45) is 7.05 Å². The van der Waals surface area contributed by atoms with Gasteiger partial charge in [-0.25, -0.2) is 9.97 Å². The van der Waals surface area contributed by atoms with Gasteiger partial charge in [-0.2, -0.15) is 0 Å². The SMILES string of the molecule is CN1CCN(c2ccc(-c3cc4ncn(C)c(=O)c4c(N4CCC(=CCCCO)C4)n3)cc2)CC1. The topological polar surface area (TPSA) is 77.7 Å². The van der Waals surface area contributed by atoms with Crippen LogP contribution in [-0.2, 0) is 7.05 Å². The summed E-state index contributed by atoms with van der Waals surface area (Å²) in [6.45, 7) is 5.98. The Balaban J connectivity index is 1.49. The Morgan fingerprint density at radius 2 is 1.80 bits per heavy atom.